The summed E-state index contributed by atoms with van der Waals surface area (Å²) in [6.45, 7) is 8.29. The second kappa shape index (κ2) is 6.57. The third-order valence-corrected chi connectivity index (χ3v) is 2.14. The van der Waals surface area contributed by atoms with E-state index in [0.717, 1.165) is 18.0 Å². The van der Waals surface area contributed by atoms with Gasteiger partial charge in [-0.15, -0.1) is 0 Å². The number of aromatic nitrogens is 1. The normalized spacial score (nSPS) is 11.5. The first-order valence-electron chi connectivity index (χ1n) is 5.83. The molecular formula is C13H22N2O2. The maximum Gasteiger partial charge on any atom is 0.122 e. The molecule has 0 saturated carbocycles. The van der Waals surface area contributed by atoms with Crippen molar-refractivity contribution < 1.29 is 9.47 Å². The van der Waals surface area contributed by atoms with Gasteiger partial charge in [0.2, 0.25) is 0 Å². The summed E-state index contributed by atoms with van der Waals surface area (Å²) >= 11 is 0. The molecule has 0 spiro atoms. The lowest BCUT2D eigenvalue weighted by Crippen LogP contribution is -2.35. The molecule has 1 aromatic heterocycles. The summed E-state index contributed by atoms with van der Waals surface area (Å²) < 4.78 is 10.5. The first kappa shape index (κ1) is 13.9. The van der Waals surface area contributed by atoms with Crippen LogP contribution in [0.25, 0.3) is 0 Å². The molecule has 0 radical (unpaired) electrons. The van der Waals surface area contributed by atoms with Crippen molar-refractivity contribution in [2.24, 2.45) is 0 Å². The maximum absolute atomic E-state index is 5.53. The number of nitrogens with one attached hydrogen (secondary N) is 1. The highest BCUT2D eigenvalue weighted by Crippen LogP contribution is 2.11. The van der Waals surface area contributed by atoms with Crippen LogP contribution in [0.1, 0.15) is 26.5 Å². The molecule has 96 valence electrons. The predicted molar refractivity (Wildman–Crippen MR) is 68.2 cm³/mol. The number of pyridine rings is 1. The van der Waals surface area contributed by atoms with Crippen LogP contribution in [0.2, 0.25) is 0 Å². The van der Waals surface area contributed by atoms with Gasteiger partial charge in [0, 0.05) is 31.5 Å². The van der Waals surface area contributed by atoms with Gasteiger partial charge in [-0.25, -0.2) is 0 Å². The van der Waals surface area contributed by atoms with Crippen molar-refractivity contribution in [1.82, 2.24) is 10.3 Å². The van der Waals surface area contributed by atoms with E-state index in [1.54, 1.807) is 13.3 Å². The fraction of sp³-hybridized carbons (Fsp3) is 0.615. The Morgan fingerprint density at radius 2 is 2.06 bits per heavy atom. The van der Waals surface area contributed by atoms with Crippen molar-refractivity contribution >= 4 is 0 Å². The third-order valence-electron chi connectivity index (χ3n) is 2.14. The molecule has 0 bridgehead atoms. The highest BCUT2D eigenvalue weighted by molar-refractivity contribution is 5.22. The SMILES string of the molecule is COCCOc1ccnc(CNC(C)(C)C)c1. The zero-order valence-electron chi connectivity index (χ0n) is 11.1. The van der Waals surface area contributed by atoms with Gasteiger partial charge in [-0.1, -0.05) is 0 Å². The Labute approximate surface area is 103 Å². The lowest BCUT2D eigenvalue weighted by molar-refractivity contribution is 0.146. The Kier molecular flexibility index (Phi) is 5.38. The highest BCUT2D eigenvalue weighted by Gasteiger charge is 2.09. The summed E-state index contributed by atoms with van der Waals surface area (Å²) in [6, 6.07) is 3.81. The summed E-state index contributed by atoms with van der Waals surface area (Å²) in [5, 5.41) is 3.39. The molecule has 1 heterocycles. The largest absolute Gasteiger partial charge is 0.491 e. The molecular weight excluding hydrogens is 216 g/mol. The molecule has 0 aliphatic carbocycles. The number of nitrogens with zero attached hydrogens (tertiary/aromatic N) is 1. The van der Waals surface area contributed by atoms with Crippen LogP contribution >= 0.6 is 0 Å². The van der Waals surface area contributed by atoms with E-state index >= 15 is 0 Å². The second-order valence-electron chi connectivity index (χ2n) is 4.93. The molecule has 0 fully saturated rings. The molecule has 0 aromatic carbocycles. The van der Waals surface area contributed by atoms with E-state index < -0.39 is 0 Å². The molecule has 1 rings (SSSR count). The van der Waals surface area contributed by atoms with Crippen molar-refractivity contribution in [3.05, 3.63) is 24.0 Å². The standard InChI is InChI=1S/C13H22N2O2/c1-13(2,3)15-10-11-9-12(5-6-14-11)17-8-7-16-4/h5-6,9,15H,7-8,10H2,1-4H3. The van der Waals surface area contributed by atoms with Crippen molar-refractivity contribution in [3.63, 3.8) is 0 Å². The van der Waals surface area contributed by atoms with Gasteiger partial charge in [0.25, 0.3) is 0 Å². The summed E-state index contributed by atoms with van der Waals surface area (Å²) in [6.07, 6.45) is 1.77. The van der Waals surface area contributed by atoms with Crippen molar-refractivity contribution in [1.29, 1.82) is 0 Å². The first-order valence-corrected chi connectivity index (χ1v) is 5.83. The smallest absolute Gasteiger partial charge is 0.122 e. The highest BCUT2D eigenvalue weighted by atomic mass is 16.5. The van der Waals surface area contributed by atoms with Crippen LogP contribution in [0.4, 0.5) is 0 Å². The zero-order valence-corrected chi connectivity index (χ0v) is 11.1. The van der Waals surface area contributed by atoms with Crippen LogP contribution in [-0.4, -0.2) is 30.8 Å². The van der Waals surface area contributed by atoms with Crippen LogP contribution in [-0.2, 0) is 11.3 Å². The number of rotatable bonds is 6. The first-order chi connectivity index (χ1) is 8.01. The molecule has 0 saturated heterocycles. The van der Waals surface area contributed by atoms with Crippen LogP contribution < -0.4 is 10.1 Å². The Balaban J connectivity index is 2.48. The van der Waals surface area contributed by atoms with Gasteiger partial charge in [0.15, 0.2) is 0 Å². The average molecular weight is 238 g/mol. The van der Waals surface area contributed by atoms with E-state index in [2.05, 4.69) is 31.1 Å². The Hall–Kier alpha value is -1.13. The van der Waals surface area contributed by atoms with Crippen LogP contribution in [0.5, 0.6) is 5.75 Å². The van der Waals surface area contributed by atoms with Gasteiger partial charge >= 0.3 is 0 Å². The minimum Gasteiger partial charge on any atom is -0.491 e. The van der Waals surface area contributed by atoms with Crippen LogP contribution in [0.3, 0.4) is 0 Å². The van der Waals surface area contributed by atoms with Gasteiger partial charge in [0.05, 0.1) is 12.3 Å². The van der Waals surface area contributed by atoms with Crippen molar-refractivity contribution in [2.45, 2.75) is 32.9 Å². The zero-order chi connectivity index (χ0) is 12.7. The number of hydrogen-bond donors (Lipinski definition) is 1. The Bertz CT molecular complexity index is 334. The van der Waals surface area contributed by atoms with E-state index in [4.69, 9.17) is 9.47 Å². The summed E-state index contributed by atoms with van der Waals surface area (Å²) in [4.78, 5) is 4.30. The van der Waals surface area contributed by atoms with Crippen LogP contribution in [0.15, 0.2) is 18.3 Å². The minimum absolute atomic E-state index is 0.0919. The van der Waals surface area contributed by atoms with Gasteiger partial charge < -0.3 is 14.8 Å². The molecule has 4 nitrogen and oxygen atoms in total. The topological polar surface area (TPSA) is 43.4 Å². The summed E-state index contributed by atoms with van der Waals surface area (Å²) in [5.41, 5.74) is 1.07. The number of hydrogen-bond acceptors (Lipinski definition) is 4. The van der Waals surface area contributed by atoms with Gasteiger partial charge in [-0.2, -0.15) is 0 Å². The number of methoxy groups -OCH3 is 1. The second-order valence-corrected chi connectivity index (χ2v) is 4.93. The lowest BCUT2D eigenvalue weighted by Gasteiger charge is -2.20. The van der Waals surface area contributed by atoms with E-state index in [1.807, 2.05) is 12.1 Å². The van der Waals surface area contributed by atoms with E-state index in [-0.39, 0.29) is 5.54 Å². The van der Waals surface area contributed by atoms with Gasteiger partial charge in [-0.3, -0.25) is 4.98 Å². The quantitative estimate of drug-likeness (QED) is 0.770. The third kappa shape index (κ3) is 6.24. The van der Waals surface area contributed by atoms with Gasteiger partial charge in [0.1, 0.15) is 12.4 Å². The molecule has 4 heteroatoms. The number of ether oxygens (including phenoxy) is 2. The van der Waals surface area contributed by atoms with Crippen LogP contribution in [0, 0.1) is 0 Å². The van der Waals surface area contributed by atoms with Gasteiger partial charge in [-0.05, 0) is 26.8 Å². The fourth-order valence-corrected chi connectivity index (χ4v) is 1.24. The summed E-state index contributed by atoms with van der Waals surface area (Å²) in [5.74, 6) is 0.836. The summed E-state index contributed by atoms with van der Waals surface area (Å²) in [7, 11) is 1.66. The fourth-order valence-electron chi connectivity index (χ4n) is 1.24. The molecule has 0 amide bonds. The van der Waals surface area contributed by atoms with E-state index in [0.29, 0.717) is 13.2 Å². The minimum atomic E-state index is 0.0919. The monoisotopic (exact) mass is 238 g/mol. The molecule has 1 N–H and O–H groups in total. The molecule has 0 aliphatic heterocycles. The Morgan fingerprint density at radius 1 is 1.29 bits per heavy atom. The lowest BCUT2D eigenvalue weighted by atomic mass is 10.1. The predicted octanol–water partition coefficient (Wildman–Crippen LogP) is 1.99. The average Bonchev–Trinajstić information content (AvgIpc) is 2.27. The maximum atomic E-state index is 5.53. The van der Waals surface area contributed by atoms with Crippen molar-refractivity contribution in [3.8, 4) is 5.75 Å². The molecule has 1 aromatic rings. The van der Waals surface area contributed by atoms with E-state index in [9.17, 15) is 0 Å². The molecule has 0 unspecified atom stereocenters. The molecule has 17 heavy (non-hydrogen) atoms. The van der Waals surface area contributed by atoms with E-state index in [1.165, 1.54) is 0 Å². The molecule has 0 atom stereocenters. The molecule has 0 aliphatic rings. The van der Waals surface area contributed by atoms with Crippen molar-refractivity contribution in [2.75, 3.05) is 20.3 Å². The Morgan fingerprint density at radius 3 is 2.71 bits per heavy atom.